The number of fused-ring (bicyclic) bond motifs is 1. The van der Waals surface area contributed by atoms with E-state index in [-0.39, 0.29) is 11.6 Å². The maximum atomic E-state index is 13.0. The number of β-amino-alcohol motifs (C(OH)–C–C–N with tert-alkyl or cyclic N) is 1. The molecule has 26 heavy (non-hydrogen) atoms. The Morgan fingerprint density at radius 3 is 2.23 bits per heavy atom. The summed E-state index contributed by atoms with van der Waals surface area (Å²) < 4.78 is 13.0. The lowest BCUT2D eigenvalue weighted by molar-refractivity contribution is 0.122. The molecule has 0 radical (unpaired) electrons. The van der Waals surface area contributed by atoms with Crippen molar-refractivity contribution in [2.24, 2.45) is 11.8 Å². The minimum Gasteiger partial charge on any atom is -0.508 e. The largest absolute Gasteiger partial charge is 0.508 e. The zero-order valence-electron chi connectivity index (χ0n) is 14.6. The van der Waals surface area contributed by atoms with Crippen LogP contribution in [0.1, 0.15) is 24.5 Å². The number of nitrogens with zero attached hydrogens (tertiary/aromatic N) is 1. The van der Waals surface area contributed by atoms with E-state index in [0.717, 1.165) is 23.5 Å². The predicted octanol–water partition coefficient (Wildman–Crippen LogP) is 4.07. The van der Waals surface area contributed by atoms with Gasteiger partial charge in [0.2, 0.25) is 0 Å². The molecule has 2 aromatic rings. The fourth-order valence-corrected chi connectivity index (χ4v) is 5.70. The van der Waals surface area contributed by atoms with E-state index in [0.29, 0.717) is 23.6 Å². The van der Waals surface area contributed by atoms with Crippen LogP contribution in [0.4, 0.5) is 4.39 Å². The number of halogens is 1. The summed E-state index contributed by atoms with van der Waals surface area (Å²) in [5.74, 6) is 1.43. The fourth-order valence-electron chi connectivity index (χ4n) is 4.34. The molecule has 2 N–H and O–H groups in total. The van der Waals surface area contributed by atoms with E-state index in [1.54, 1.807) is 24.3 Å². The van der Waals surface area contributed by atoms with Gasteiger partial charge >= 0.3 is 0 Å². The molecular weight excluding hydrogens is 349 g/mol. The summed E-state index contributed by atoms with van der Waals surface area (Å²) >= 11 is 1.87. The second kappa shape index (κ2) is 7.59. The molecule has 2 aliphatic rings. The van der Waals surface area contributed by atoms with Crippen LogP contribution in [0.25, 0.3) is 0 Å². The predicted molar refractivity (Wildman–Crippen MR) is 102 cm³/mol. The van der Waals surface area contributed by atoms with Gasteiger partial charge in [0.1, 0.15) is 11.6 Å². The Bertz CT molecular complexity index is 723. The third-order valence-corrected chi connectivity index (χ3v) is 6.87. The minimum absolute atomic E-state index is 0.180. The molecule has 1 saturated heterocycles. The van der Waals surface area contributed by atoms with Crippen molar-refractivity contribution in [3.8, 4) is 5.75 Å². The van der Waals surface area contributed by atoms with Crippen molar-refractivity contribution >= 4 is 11.8 Å². The smallest absolute Gasteiger partial charge is 0.123 e. The normalized spacial score (nSPS) is 26.8. The van der Waals surface area contributed by atoms with Gasteiger partial charge in [0, 0.05) is 29.8 Å². The van der Waals surface area contributed by atoms with E-state index in [4.69, 9.17) is 0 Å². The molecule has 2 fully saturated rings. The van der Waals surface area contributed by atoms with E-state index in [1.165, 1.54) is 25.0 Å². The summed E-state index contributed by atoms with van der Waals surface area (Å²) in [6, 6.07) is 13.6. The number of aliphatic hydroxyl groups is 1. The average molecular weight is 373 g/mol. The fraction of sp³-hybridized carbons (Fsp3) is 0.429. The summed E-state index contributed by atoms with van der Waals surface area (Å²) in [5.41, 5.74) is 0.851. The van der Waals surface area contributed by atoms with Gasteiger partial charge in [0.05, 0.1) is 6.10 Å². The molecule has 2 aromatic carbocycles. The molecule has 0 spiro atoms. The highest BCUT2D eigenvalue weighted by atomic mass is 32.2. The maximum absolute atomic E-state index is 13.0. The summed E-state index contributed by atoms with van der Waals surface area (Å²) in [4.78, 5) is 3.52. The lowest BCUT2D eigenvalue weighted by atomic mass is 10.0. The van der Waals surface area contributed by atoms with E-state index >= 15 is 0 Å². The molecule has 0 aromatic heterocycles. The second-order valence-electron chi connectivity index (χ2n) is 7.51. The Morgan fingerprint density at radius 2 is 1.62 bits per heavy atom. The monoisotopic (exact) mass is 373 g/mol. The number of thioether (sulfide) groups is 1. The van der Waals surface area contributed by atoms with Crippen LogP contribution in [-0.2, 0) is 0 Å². The van der Waals surface area contributed by atoms with Crippen molar-refractivity contribution in [1.82, 2.24) is 4.90 Å². The molecular formula is C21H24FNO2S. The quantitative estimate of drug-likeness (QED) is 0.829. The second-order valence-corrected chi connectivity index (χ2v) is 8.88. The van der Waals surface area contributed by atoms with Crippen LogP contribution < -0.4 is 0 Å². The molecule has 4 rings (SSSR count). The average Bonchev–Trinajstić information content (AvgIpc) is 3.15. The summed E-state index contributed by atoms with van der Waals surface area (Å²) in [6.45, 7) is 2.73. The molecule has 1 unspecified atom stereocenters. The zero-order valence-corrected chi connectivity index (χ0v) is 15.4. The van der Waals surface area contributed by atoms with Crippen molar-refractivity contribution in [1.29, 1.82) is 0 Å². The van der Waals surface area contributed by atoms with Crippen molar-refractivity contribution in [2.75, 3.05) is 19.6 Å². The van der Waals surface area contributed by atoms with Gasteiger partial charge in [-0.1, -0.05) is 12.1 Å². The van der Waals surface area contributed by atoms with E-state index in [9.17, 15) is 14.6 Å². The lowest BCUT2D eigenvalue weighted by Gasteiger charge is -2.22. The number of likely N-dealkylation sites (tertiary alicyclic amines) is 1. The third kappa shape index (κ3) is 4.05. The van der Waals surface area contributed by atoms with Crippen LogP contribution in [-0.4, -0.2) is 40.0 Å². The number of hydrogen-bond acceptors (Lipinski definition) is 4. The van der Waals surface area contributed by atoms with Gasteiger partial charge < -0.3 is 10.2 Å². The molecule has 1 aliphatic heterocycles. The van der Waals surface area contributed by atoms with E-state index in [1.807, 2.05) is 23.9 Å². The lowest BCUT2D eigenvalue weighted by Crippen LogP contribution is -2.28. The highest BCUT2D eigenvalue weighted by molar-refractivity contribution is 8.00. The molecule has 0 bridgehead atoms. The van der Waals surface area contributed by atoms with Crippen LogP contribution in [0.2, 0.25) is 0 Å². The molecule has 1 saturated carbocycles. The van der Waals surface area contributed by atoms with Crippen LogP contribution in [0.3, 0.4) is 0 Å². The van der Waals surface area contributed by atoms with Gasteiger partial charge in [-0.25, -0.2) is 4.39 Å². The van der Waals surface area contributed by atoms with E-state index in [2.05, 4.69) is 4.90 Å². The van der Waals surface area contributed by atoms with Gasteiger partial charge in [-0.3, -0.25) is 4.90 Å². The minimum atomic E-state index is -0.515. The summed E-state index contributed by atoms with van der Waals surface area (Å²) in [7, 11) is 0. The summed E-state index contributed by atoms with van der Waals surface area (Å²) in [6.07, 6.45) is 1.87. The number of rotatable bonds is 5. The Morgan fingerprint density at radius 1 is 1.00 bits per heavy atom. The Balaban J connectivity index is 1.28. The van der Waals surface area contributed by atoms with Gasteiger partial charge in [0.15, 0.2) is 0 Å². The molecule has 5 heteroatoms. The van der Waals surface area contributed by atoms with Crippen LogP contribution >= 0.6 is 11.8 Å². The SMILES string of the molecule is Oc1ccc(C(O)CN2C[C@H]3C[C@@H](Sc4ccc(F)cc4)C[C@H]3C2)cc1. The van der Waals surface area contributed by atoms with Gasteiger partial charge in [-0.05, 0) is 66.6 Å². The van der Waals surface area contributed by atoms with Crippen molar-refractivity contribution in [2.45, 2.75) is 29.1 Å². The molecule has 1 aliphatic carbocycles. The zero-order chi connectivity index (χ0) is 18.1. The first-order chi connectivity index (χ1) is 12.6. The van der Waals surface area contributed by atoms with Crippen molar-refractivity contribution in [3.63, 3.8) is 0 Å². The summed E-state index contributed by atoms with van der Waals surface area (Å²) in [5, 5.41) is 20.4. The van der Waals surface area contributed by atoms with Crippen LogP contribution in [0.15, 0.2) is 53.4 Å². The Hall–Kier alpha value is -1.56. The Labute approximate surface area is 157 Å². The number of hydrogen-bond donors (Lipinski definition) is 2. The number of aliphatic hydroxyl groups excluding tert-OH is 1. The van der Waals surface area contributed by atoms with Crippen molar-refractivity contribution in [3.05, 3.63) is 59.9 Å². The van der Waals surface area contributed by atoms with Crippen molar-refractivity contribution < 1.29 is 14.6 Å². The first-order valence-electron chi connectivity index (χ1n) is 9.18. The van der Waals surface area contributed by atoms with Crippen LogP contribution in [0.5, 0.6) is 5.75 Å². The van der Waals surface area contributed by atoms with Gasteiger partial charge in [-0.15, -0.1) is 11.8 Å². The standard InChI is InChI=1S/C21H24FNO2S/c22-17-3-7-19(8-4-17)26-20-9-15-11-23(12-16(15)10-20)13-21(25)14-1-5-18(24)6-2-14/h1-8,15-16,20-21,24-25H,9-13H2/t15-,16+,20-,21?. The first kappa shape index (κ1) is 17.8. The van der Waals surface area contributed by atoms with E-state index < -0.39 is 6.10 Å². The number of benzene rings is 2. The molecule has 0 amide bonds. The Kier molecular flexibility index (Phi) is 5.20. The first-order valence-corrected chi connectivity index (χ1v) is 10.1. The van der Waals surface area contributed by atoms with Gasteiger partial charge in [-0.2, -0.15) is 0 Å². The number of phenolic OH excluding ortho intramolecular Hbond substituents is 1. The van der Waals surface area contributed by atoms with Gasteiger partial charge in [0.25, 0.3) is 0 Å². The molecule has 1 heterocycles. The third-order valence-electron chi connectivity index (χ3n) is 5.61. The maximum Gasteiger partial charge on any atom is 0.123 e. The topological polar surface area (TPSA) is 43.7 Å². The number of phenols is 1. The molecule has 3 nitrogen and oxygen atoms in total. The molecule has 4 atom stereocenters. The highest BCUT2D eigenvalue weighted by Gasteiger charge is 2.41. The molecule has 138 valence electrons. The van der Waals surface area contributed by atoms with Crippen LogP contribution in [0, 0.1) is 17.7 Å². The number of aromatic hydroxyl groups is 1. The highest BCUT2D eigenvalue weighted by Crippen LogP contribution is 2.45.